The van der Waals surface area contributed by atoms with Gasteiger partial charge in [-0.15, -0.1) is 0 Å². The number of hydrogen-bond acceptors (Lipinski definition) is 3. The van der Waals surface area contributed by atoms with E-state index in [0.717, 1.165) is 55.0 Å². The monoisotopic (exact) mass is 315 g/mol. The van der Waals surface area contributed by atoms with Gasteiger partial charge in [0, 0.05) is 37.3 Å². The van der Waals surface area contributed by atoms with E-state index in [0.29, 0.717) is 6.54 Å². The molecule has 2 heterocycles. The van der Waals surface area contributed by atoms with Crippen LogP contribution >= 0.6 is 0 Å². The summed E-state index contributed by atoms with van der Waals surface area (Å²) in [6, 6.07) is 7.31. The Kier molecular flexibility index (Phi) is 4.65. The van der Waals surface area contributed by atoms with E-state index in [1.54, 1.807) is 6.07 Å². The Morgan fingerprint density at radius 2 is 2.00 bits per heavy atom. The molecule has 1 aromatic heterocycles. The number of ether oxygens (including phenoxy) is 1. The van der Waals surface area contributed by atoms with Crippen molar-refractivity contribution in [1.29, 1.82) is 5.26 Å². The third-order valence-corrected chi connectivity index (χ3v) is 4.77. The van der Waals surface area contributed by atoms with Gasteiger partial charge in [-0.25, -0.2) is 4.39 Å². The number of rotatable bonds is 4. The Morgan fingerprint density at radius 3 is 2.70 bits per heavy atom. The molecule has 3 rings (SSSR count). The highest BCUT2D eigenvalue weighted by molar-refractivity contribution is 5.85. The number of fused-ring (bicyclic) bond motifs is 1. The normalized spacial score (nSPS) is 17.3. The van der Waals surface area contributed by atoms with Crippen molar-refractivity contribution in [2.24, 2.45) is 5.92 Å². The Balaban J connectivity index is 1.85. The molecular formula is C18H22FN3O. The molecule has 1 atom stereocenters. The van der Waals surface area contributed by atoms with Crippen LogP contribution in [0, 0.1) is 36.9 Å². The first-order valence-corrected chi connectivity index (χ1v) is 8.05. The summed E-state index contributed by atoms with van der Waals surface area (Å²) >= 11 is 0. The number of aromatic nitrogens is 1. The molecule has 0 bridgehead atoms. The van der Waals surface area contributed by atoms with Crippen molar-refractivity contribution in [2.75, 3.05) is 32.8 Å². The lowest BCUT2D eigenvalue weighted by Gasteiger charge is -2.28. The van der Waals surface area contributed by atoms with Crippen LogP contribution in [-0.2, 0) is 11.3 Å². The third kappa shape index (κ3) is 3.24. The van der Waals surface area contributed by atoms with Gasteiger partial charge >= 0.3 is 0 Å². The van der Waals surface area contributed by atoms with Gasteiger partial charge < -0.3 is 9.30 Å². The Bertz CT molecular complexity index is 741. The Labute approximate surface area is 136 Å². The lowest BCUT2D eigenvalue weighted by Crippen LogP contribution is -2.39. The molecule has 23 heavy (non-hydrogen) atoms. The van der Waals surface area contributed by atoms with Gasteiger partial charge in [0.05, 0.1) is 30.7 Å². The number of halogens is 1. The molecule has 5 heteroatoms. The van der Waals surface area contributed by atoms with Crippen molar-refractivity contribution >= 4 is 10.9 Å². The lowest BCUT2D eigenvalue weighted by atomic mass is 10.1. The van der Waals surface area contributed by atoms with Crippen LogP contribution in [0.5, 0.6) is 0 Å². The van der Waals surface area contributed by atoms with E-state index in [9.17, 15) is 9.65 Å². The molecule has 0 N–H and O–H groups in total. The minimum atomic E-state index is -0.238. The van der Waals surface area contributed by atoms with E-state index in [-0.39, 0.29) is 11.7 Å². The zero-order valence-corrected chi connectivity index (χ0v) is 13.7. The number of nitrogens with zero attached hydrogens (tertiary/aromatic N) is 3. The molecule has 122 valence electrons. The van der Waals surface area contributed by atoms with Crippen molar-refractivity contribution in [2.45, 2.75) is 20.4 Å². The molecule has 1 saturated heterocycles. The van der Waals surface area contributed by atoms with Gasteiger partial charge in [0.15, 0.2) is 0 Å². The van der Waals surface area contributed by atoms with Crippen LogP contribution in [0.2, 0.25) is 0 Å². The number of aryl methyl sites for hydroxylation is 1. The molecule has 0 aliphatic carbocycles. The molecule has 0 radical (unpaired) electrons. The number of benzene rings is 1. The van der Waals surface area contributed by atoms with E-state index in [1.807, 2.05) is 13.0 Å². The summed E-state index contributed by atoms with van der Waals surface area (Å²) in [6.07, 6.45) is 0. The van der Waals surface area contributed by atoms with Crippen LogP contribution in [0.4, 0.5) is 4.39 Å². The van der Waals surface area contributed by atoms with Crippen LogP contribution < -0.4 is 0 Å². The summed E-state index contributed by atoms with van der Waals surface area (Å²) in [5, 5.41) is 10.6. The van der Waals surface area contributed by atoms with Crippen molar-refractivity contribution < 1.29 is 9.13 Å². The molecule has 0 spiro atoms. The minimum Gasteiger partial charge on any atom is -0.379 e. The largest absolute Gasteiger partial charge is 0.379 e. The maximum absolute atomic E-state index is 13.6. The zero-order valence-electron chi connectivity index (χ0n) is 13.7. The summed E-state index contributed by atoms with van der Waals surface area (Å²) in [5.74, 6) is -0.358. The van der Waals surface area contributed by atoms with Gasteiger partial charge in [-0.3, -0.25) is 4.90 Å². The predicted octanol–water partition coefficient (Wildman–Crippen LogP) is 2.87. The second-order valence-corrected chi connectivity index (χ2v) is 6.22. The highest BCUT2D eigenvalue weighted by Crippen LogP contribution is 2.27. The van der Waals surface area contributed by atoms with Crippen LogP contribution in [0.3, 0.4) is 0 Å². The SMILES string of the molecule is Cc1c(C)n(CC(C#N)CN2CCOCC2)c2cc(F)ccc12. The van der Waals surface area contributed by atoms with Gasteiger partial charge in [-0.05, 0) is 37.6 Å². The van der Waals surface area contributed by atoms with E-state index in [1.165, 1.54) is 6.07 Å². The molecule has 1 aliphatic heterocycles. The first-order valence-electron chi connectivity index (χ1n) is 8.05. The first kappa shape index (κ1) is 16.0. The molecule has 0 saturated carbocycles. The maximum atomic E-state index is 13.6. The molecule has 1 aliphatic rings. The van der Waals surface area contributed by atoms with E-state index in [4.69, 9.17) is 4.74 Å². The van der Waals surface area contributed by atoms with Crippen LogP contribution in [0.25, 0.3) is 10.9 Å². The number of hydrogen-bond donors (Lipinski definition) is 0. The number of morpholine rings is 1. The van der Waals surface area contributed by atoms with Crippen LogP contribution in [0.1, 0.15) is 11.3 Å². The van der Waals surface area contributed by atoms with E-state index < -0.39 is 0 Å². The quantitative estimate of drug-likeness (QED) is 0.871. The minimum absolute atomic E-state index is 0.120. The smallest absolute Gasteiger partial charge is 0.125 e. The molecule has 1 aromatic carbocycles. The van der Waals surface area contributed by atoms with Crippen LogP contribution in [-0.4, -0.2) is 42.3 Å². The average Bonchev–Trinajstić information content (AvgIpc) is 2.79. The van der Waals surface area contributed by atoms with E-state index >= 15 is 0 Å². The Morgan fingerprint density at radius 1 is 1.26 bits per heavy atom. The summed E-state index contributed by atoms with van der Waals surface area (Å²) < 4.78 is 21.1. The highest BCUT2D eigenvalue weighted by Gasteiger charge is 2.19. The molecule has 1 unspecified atom stereocenters. The third-order valence-electron chi connectivity index (χ3n) is 4.77. The van der Waals surface area contributed by atoms with Crippen molar-refractivity contribution in [3.8, 4) is 6.07 Å². The fourth-order valence-corrected chi connectivity index (χ4v) is 3.31. The van der Waals surface area contributed by atoms with Gasteiger partial charge in [0.1, 0.15) is 5.82 Å². The molecule has 1 fully saturated rings. The molecular weight excluding hydrogens is 293 g/mol. The van der Waals surface area contributed by atoms with Gasteiger partial charge in [-0.1, -0.05) is 0 Å². The zero-order chi connectivity index (χ0) is 16.4. The highest BCUT2D eigenvalue weighted by atomic mass is 19.1. The van der Waals surface area contributed by atoms with Gasteiger partial charge in [0.2, 0.25) is 0 Å². The molecule has 4 nitrogen and oxygen atoms in total. The molecule has 2 aromatic rings. The average molecular weight is 315 g/mol. The second-order valence-electron chi connectivity index (χ2n) is 6.22. The lowest BCUT2D eigenvalue weighted by molar-refractivity contribution is 0.0329. The predicted molar refractivity (Wildman–Crippen MR) is 87.7 cm³/mol. The van der Waals surface area contributed by atoms with Crippen molar-refractivity contribution in [1.82, 2.24) is 9.47 Å². The summed E-state index contributed by atoms with van der Waals surface area (Å²) in [5.41, 5.74) is 3.14. The summed E-state index contributed by atoms with van der Waals surface area (Å²) in [4.78, 5) is 2.27. The van der Waals surface area contributed by atoms with Crippen LogP contribution in [0.15, 0.2) is 18.2 Å². The van der Waals surface area contributed by atoms with Gasteiger partial charge in [-0.2, -0.15) is 5.26 Å². The second kappa shape index (κ2) is 6.69. The van der Waals surface area contributed by atoms with E-state index in [2.05, 4.69) is 22.5 Å². The topological polar surface area (TPSA) is 41.2 Å². The standard InChI is InChI=1S/C18H22FN3O/c1-13-14(2)22(18-9-16(19)3-4-17(13)18)12-15(10-20)11-21-5-7-23-8-6-21/h3-4,9,15H,5-8,11-12H2,1-2H3. The first-order chi connectivity index (χ1) is 11.1. The van der Waals surface area contributed by atoms with Crippen molar-refractivity contribution in [3.05, 3.63) is 35.3 Å². The summed E-state index contributed by atoms with van der Waals surface area (Å²) in [7, 11) is 0. The Hall–Kier alpha value is -1.90. The van der Waals surface area contributed by atoms with Gasteiger partial charge in [0.25, 0.3) is 0 Å². The maximum Gasteiger partial charge on any atom is 0.125 e. The fourth-order valence-electron chi connectivity index (χ4n) is 3.31. The fraction of sp³-hybridized carbons (Fsp3) is 0.500. The molecule has 0 amide bonds. The van der Waals surface area contributed by atoms with Crippen molar-refractivity contribution in [3.63, 3.8) is 0 Å². The number of nitriles is 1. The summed E-state index contributed by atoms with van der Waals surface area (Å²) in [6.45, 7) is 8.61.